The largest absolute Gasteiger partial charge is 0.482 e. The van der Waals surface area contributed by atoms with Gasteiger partial charge >= 0.3 is 13.6 Å². The Labute approximate surface area is 145 Å². The van der Waals surface area contributed by atoms with Crippen molar-refractivity contribution >= 4 is 13.6 Å². The molecule has 0 radical (unpaired) electrons. The van der Waals surface area contributed by atoms with Gasteiger partial charge in [0.05, 0.1) is 0 Å². The summed E-state index contributed by atoms with van der Waals surface area (Å²) in [5.74, 6) is -2.11. The lowest BCUT2D eigenvalue weighted by Crippen LogP contribution is -2.19. The van der Waals surface area contributed by atoms with Gasteiger partial charge in [-0.25, -0.2) is 9.18 Å². The van der Waals surface area contributed by atoms with E-state index in [-0.39, 0.29) is 0 Å². The van der Waals surface area contributed by atoms with Crippen LogP contribution < -0.4 is 4.74 Å². The van der Waals surface area contributed by atoms with E-state index in [2.05, 4.69) is 0 Å². The van der Waals surface area contributed by atoms with Gasteiger partial charge < -0.3 is 18.5 Å². The van der Waals surface area contributed by atoms with Gasteiger partial charge in [-0.05, 0) is 24.3 Å². The summed E-state index contributed by atoms with van der Waals surface area (Å²) in [5.41, 5.74) is 0.463. The molecular weight excluding hydrogens is 350 g/mol. The summed E-state index contributed by atoms with van der Waals surface area (Å²) >= 11 is 0. The third-order valence-corrected chi connectivity index (χ3v) is 5.29. The van der Waals surface area contributed by atoms with Crippen LogP contribution in [0.25, 0.3) is 0 Å². The monoisotopic (exact) mass is 368 g/mol. The van der Waals surface area contributed by atoms with E-state index in [1.807, 2.05) is 0 Å². The van der Waals surface area contributed by atoms with Gasteiger partial charge in [-0.2, -0.15) is 0 Å². The number of carbonyl (C=O) groups excluding carboxylic acids is 1. The molecule has 0 fully saturated rings. The number of rotatable bonds is 8. The first-order chi connectivity index (χ1) is 12.0. The zero-order chi connectivity index (χ0) is 18.3. The highest BCUT2D eigenvalue weighted by atomic mass is 31.2. The van der Waals surface area contributed by atoms with Crippen LogP contribution in [0.1, 0.15) is 11.4 Å². The highest BCUT2D eigenvalue weighted by Crippen LogP contribution is 2.60. The van der Waals surface area contributed by atoms with Crippen LogP contribution in [-0.2, 0) is 23.1 Å². The van der Waals surface area contributed by atoms with Crippen molar-refractivity contribution in [3.63, 3.8) is 0 Å². The first-order valence-corrected chi connectivity index (χ1v) is 8.93. The van der Waals surface area contributed by atoms with Gasteiger partial charge in [-0.1, -0.05) is 30.3 Å². The molecule has 134 valence electrons. The van der Waals surface area contributed by atoms with Crippen molar-refractivity contribution in [2.45, 2.75) is 5.85 Å². The van der Waals surface area contributed by atoms with Gasteiger partial charge in [0.25, 0.3) is 0 Å². The predicted octanol–water partition coefficient (Wildman–Crippen LogP) is 3.93. The lowest BCUT2D eigenvalue weighted by atomic mass is 10.2. The molecule has 0 aliphatic heterocycles. The van der Waals surface area contributed by atoms with Gasteiger partial charge in [-0.15, -0.1) is 0 Å². The van der Waals surface area contributed by atoms with E-state index in [9.17, 15) is 13.8 Å². The van der Waals surface area contributed by atoms with Crippen LogP contribution in [0.15, 0.2) is 54.6 Å². The molecule has 6 nitrogen and oxygen atoms in total. The molecule has 0 saturated carbocycles. The van der Waals surface area contributed by atoms with Crippen molar-refractivity contribution < 1.29 is 32.3 Å². The van der Waals surface area contributed by atoms with Crippen LogP contribution in [-0.4, -0.2) is 26.8 Å². The lowest BCUT2D eigenvalue weighted by Gasteiger charge is -2.24. The third-order valence-electron chi connectivity index (χ3n) is 3.29. The Bertz CT molecular complexity index is 727. The van der Waals surface area contributed by atoms with Crippen LogP contribution >= 0.6 is 7.60 Å². The smallest absolute Gasteiger partial charge is 0.375 e. The minimum Gasteiger partial charge on any atom is -0.482 e. The molecular formula is C17H18FO6P. The quantitative estimate of drug-likeness (QED) is 0.519. The zero-order valence-electron chi connectivity index (χ0n) is 13.8. The fourth-order valence-electron chi connectivity index (χ4n) is 2.03. The molecule has 8 heteroatoms. The second kappa shape index (κ2) is 8.76. The van der Waals surface area contributed by atoms with Crippen molar-refractivity contribution in [1.82, 2.24) is 0 Å². The highest BCUT2D eigenvalue weighted by Gasteiger charge is 2.39. The molecule has 1 unspecified atom stereocenters. The van der Waals surface area contributed by atoms with E-state index in [1.54, 1.807) is 30.3 Å². The Balaban J connectivity index is 2.09. The maximum absolute atomic E-state index is 12.8. The summed E-state index contributed by atoms with van der Waals surface area (Å²) in [5, 5.41) is 0. The molecule has 0 heterocycles. The van der Waals surface area contributed by atoms with Crippen LogP contribution in [0.3, 0.4) is 0 Å². The molecule has 0 aliphatic carbocycles. The molecule has 2 rings (SSSR count). The average Bonchev–Trinajstić information content (AvgIpc) is 2.65. The summed E-state index contributed by atoms with van der Waals surface area (Å²) in [6.45, 7) is -0.442. The molecule has 0 aliphatic rings. The number of hydrogen-bond donors (Lipinski definition) is 0. The van der Waals surface area contributed by atoms with Crippen molar-refractivity contribution in [3.05, 3.63) is 66.0 Å². The van der Waals surface area contributed by atoms with Crippen LogP contribution in [0.5, 0.6) is 5.75 Å². The molecule has 0 saturated heterocycles. The molecule has 1 atom stereocenters. The number of halogens is 1. The second-order valence-electron chi connectivity index (χ2n) is 4.90. The SMILES string of the molecule is COP(=O)(OC)C(OC(=O)COc1ccc(F)cc1)c1ccccc1. The molecule has 0 amide bonds. The topological polar surface area (TPSA) is 71.1 Å². The molecule has 0 bridgehead atoms. The standard InChI is InChI=1S/C17H18FO6P/c1-21-25(20,22-2)17(13-6-4-3-5-7-13)24-16(19)12-23-15-10-8-14(18)9-11-15/h3-11,17H,12H2,1-2H3. The summed E-state index contributed by atoms with van der Waals surface area (Å²) in [4.78, 5) is 12.1. The van der Waals surface area contributed by atoms with Gasteiger partial charge in [0, 0.05) is 19.8 Å². The minimum absolute atomic E-state index is 0.302. The summed E-state index contributed by atoms with van der Waals surface area (Å²) in [6, 6.07) is 13.6. The molecule has 0 N–H and O–H groups in total. The van der Waals surface area contributed by atoms with Crippen LogP contribution in [0, 0.1) is 5.82 Å². The zero-order valence-corrected chi connectivity index (χ0v) is 14.6. The summed E-state index contributed by atoms with van der Waals surface area (Å²) < 4.78 is 46.0. The first kappa shape index (κ1) is 19.1. The first-order valence-electron chi connectivity index (χ1n) is 7.32. The number of carbonyl (C=O) groups is 1. The Kier molecular flexibility index (Phi) is 6.70. The fourth-order valence-corrected chi connectivity index (χ4v) is 3.35. The molecule has 2 aromatic carbocycles. The molecule has 0 aromatic heterocycles. The van der Waals surface area contributed by atoms with Crippen LogP contribution in [0.2, 0.25) is 0 Å². The van der Waals surface area contributed by atoms with Crippen molar-refractivity contribution in [3.8, 4) is 5.75 Å². The molecule has 2 aromatic rings. The van der Waals surface area contributed by atoms with E-state index in [0.29, 0.717) is 11.3 Å². The Morgan fingerprint density at radius 1 is 1.04 bits per heavy atom. The lowest BCUT2D eigenvalue weighted by molar-refractivity contribution is -0.149. The van der Waals surface area contributed by atoms with E-state index >= 15 is 0 Å². The summed E-state index contributed by atoms with van der Waals surface area (Å²) in [7, 11) is -1.29. The summed E-state index contributed by atoms with van der Waals surface area (Å²) in [6.07, 6.45) is 0. The Morgan fingerprint density at radius 3 is 2.20 bits per heavy atom. The number of hydrogen-bond acceptors (Lipinski definition) is 6. The van der Waals surface area contributed by atoms with Gasteiger partial charge in [0.1, 0.15) is 11.6 Å². The van der Waals surface area contributed by atoms with Crippen LogP contribution in [0.4, 0.5) is 4.39 Å². The van der Waals surface area contributed by atoms with Gasteiger partial charge in [0.15, 0.2) is 6.61 Å². The number of ether oxygens (including phenoxy) is 2. The van der Waals surface area contributed by atoms with Crippen molar-refractivity contribution in [1.29, 1.82) is 0 Å². The van der Waals surface area contributed by atoms with Crippen molar-refractivity contribution in [2.75, 3.05) is 20.8 Å². The Morgan fingerprint density at radius 2 is 1.64 bits per heavy atom. The Hall–Kier alpha value is -2.21. The minimum atomic E-state index is -3.72. The molecule has 0 spiro atoms. The fraction of sp³-hybridized carbons (Fsp3) is 0.235. The predicted molar refractivity (Wildman–Crippen MR) is 88.8 cm³/mol. The van der Waals surface area contributed by atoms with Gasteiger partial charge in [0.2, 0.25) is 5.85 Å². The third kappa shape index (κ3) is 5.13. The van der Waals surface area contributed by atoms with E-state index in [1.165, 1.54) is 38.5 Å². The maximum Gasteiger partial charge on any atom is 0.375 e. The van der Waals surface area contributed by atoms with Crippen molar-refractivity contribution in [2.24, 2.45) is 0 Å². The molecule has 25 heavy (non-hydrogen) atoms. The normalized spacial score (nSPS) is 12.4. The number of esters is 1. The maximum atomic E-state index is 12.8. The van der Waals surface area contributed by atoms with E-state index in [4.69, 9.17) is 18.5 Å². The average molecular weight is 368 g/mol. The number of benzene rings is 2. The highest BCUT2D eigenvalue weighted by molar-refractivity contribution is 7.54. The van der Waals surface area contributed by atoms with Gasteiger partial charge in [-0.3, -0.25) is 4.57 Å². The second-order valence-corrected chi connectivity index (χ2v) is 7.18. The van der Waals surface area contributed by atoms with E-state index in [0.717, 1.165) is 0 Å². The van der Waals surface area contributed by atoms with E-state index < -0.39 is 31.8 Å².